The van der Waals surface area contributed by atoms with Crippen LogP contribution >= 0.6 is 11.8 Å². The zero-order valence-electron chi connectivity index (χ0n) is 16.6. The number of thioether (sulfide) groups is 1. The van der Waals surface area contributed by atoms with Gasteiger partial charge in [-0.15, -0.1) is 11.8 Å². The fourth-order valence-electron chi connectivity index (χ4n) is 2.91. The highest BCUT2D eigenvalue weighted by Gasteiger charge is 2.27. The Bertz CT molecular complexity index is 928. The largest absolute Gasteiger partial charge is 0.497 e. The molecule has 0 atom stereocenters. The summed E-state index contributed by atoms with van der Waals surface area (Å²) in [6.07, 6.45) is 0. The highest BCUT2D eigenvalue weighted by Crippen LogP contribution is 2.36. The number of rotatable bonds is 6. The van der Waals surface area contributed by atoms with Gasteiger partial charge < -0.3 is 19.9 Å². The maximum absolute atomic E-state index is 12.5. The lowest BCUT2D eigenvalue weighted by Gasteiger charge is -2.29. The van der Waals surface area contributed by atoms with Crippen LogP contribution in [0.1, 0.15) is 15.9 Å². The molecule has 2 aromatic carbocycles. The number of amides is 3. The molecule has 3 amide bonds. The minimum atomic E-state index is -0.267. The third-order valence-electron chi connectivity index (χ3n) is 4.51. The second kappa shape index (κ2) is 9.00. The van der Waals surface area contributed by atoms with E-state index in [2.05, 4.69) is 5.32 Å². The summed E-state index contributed by atoms with van der Waals surface area (Å²) in [6.45, 7) is 0.258. The van der Waals surface area contributed by atoms with Gasteiger partial charge in [-0.05, 0) is 35.9 Å². The van der Waals surface area contributed by atoms with Crippen molar-refractivity contribution in [2.45, 2.75) is 11.4 Å². The molecule has 0 spiro atoms. The maximum atomic E-state index is 12.5. The van der Waals surface area contributed by atoms with E-state index in [1.807, 2.05) is 30.3 Å². The van der Waals surface area contributed by atoms with Gasteiger partial charge in [0.25, 0.3) is 5.91 Å². The van der Waals surface area contributed by atoms with Crippen molar-refractivity contribution in [3.8, 4) is 5.75 Å². The number of anilines is 1. The summed E-state index contributed by atoms with van der Waals surface area (Å²) in [7, 11) is 4.94. The Balaban J connectivity index is 1.71. The Hall–Kier alpha value is -3.00. The second-order valence-electron chi connectivity index (χ2n) is 6.78. The van der Waals surface area contributed by atoms with Gasteiger partial charge in [0.2, 0.25) is 11.8 Å². The molecule has 7 nitrogen and oxygen atoms in total. The van der Waals surface area contributed by atoms with Crippen LogP contribution in [0.3, 0.4) is 0 Å². The number of carbonyl (C=O) groups excluding carboxylic acids is 3. The van der Waals surface area contributed by atoms with Crippen LogP contribution in [-0.2, 0) is 16.1 Å². The van der Waals surface area contributed by atoms with Crippen LogP contribution in [-0.4, -0.2) is 56.1 Å². The van der Waals surface area contributed by atoms with Gasteiger partial charge in [-0.2, -0.15) is 0 Å². The predicted molar refractivity (Wildman–Crippen MR) is 112 cm³/mol. The third-order valence-corrected chi connectivity index (χ3v) is 5.55. The summed E-state index contributed by atoms with van der Waals surface area (Å²) in [5.41, 5.74) is 2.00. The summed E-state index contributed by atoms with van der Waals surface area (Å²) in [6, 6.07) is 12.6. The Labute approximate surface area is 174 Å². The van der Waals surface area contributed by atoms with Crippen molar-refractivity contribution in [2.75, 3.05) is 38.4 Å². The van der Waals surface area contributed by atoms with Gasteiger partial charge in [0, 0.05) is 31.1 Å². The standard InChI is InChI=1S/C21H23N3O4S/c1-23(2)21(27)15-6-9-18-17(10-15)24(20(26)13-29-18)12-19(25)22-11-14-4-7-16(28-3)8-5-14/h4-10H,11-13H2,1-3H3,(H,22,25). The van der Waals surface area contributed by atoms with E-state index in [4.69, 9.17) is 4.74 Å². The number of nitrogens with one attached hydrogen (secondary N) is 1. The van der Waals surface area contributed by atoms with Crippen molar-refractivity contribution >= 4 is 35.2 Å². The number of fused-ring (bicyclic) bond motifs is 1. The normalized spacial score (nSPS) is 12.9. The first-order valence-corrected chi connectivity index (χ1v) is 10.1. The minimum Gasteiger partial charge on any atom is -0.497 e. The number of hydrogen-bond acceptors (Lipinski definition) is 5. The van der Waals surface area contributed by atoms with E-state index < -0.39 is 0 Å². The van der Waals surface area contributed by atoms with Crippen LogP contribution in [0.5, 0.6) is 5.75 Å². The first-order valence-electron chi connectivity index (χ1n) is 9.07. The van der Waals surface area contributed by atoms with Crippen molar-refractivity contribution in [3.05, 3.63) is 53.6 Å². The number of carbonyl (C=O) groups is 3. The predicted octanol–water partition coefficient (Wildman–Crippen LogP) is 2.15. The lowest BCUT2D eigenvalue weighted by Crippen LogP contribution is -2.43. The van der Waals surface area contributed by atoms with Gasteiger partial charge >= 0.3 is 0 Å². The number of benzene rings is 2. The molecule has 0 saturated carbocycles. The van der Waals surface area contributed by atoms with E-state index in [0.29, 0.717) is 17.8 Å². The van der Waals surface area contributed by atoms with E-state index in [1.165, 1.54) is 21.6 Å². The number of nitrogens with zero attached hydrogens (tertiary/aromatic N) is 2. The van der Waals surface area contributed by atoms with E-state index in [9.17, 15) is 14.4 Å². The van der Waals surface area contributed by atoms with Crippen LogP contribution < -0.4 is 15.0 Å². The van der Waals surface area contributed by atoms with Crippen LogP contribution in [0.2, 0.25) is 0 Å². The Kier molecular flexibility index (Phi) is 6.43. The minimum absolute atomic E-state index is 0.0951. The van der Waals surface area contributed by atoms with Gasteiger partial charge in [-0.3, -0.25) is 14.4 Å². The topological polar surface area (TPSA) is 79.0 Å². The summed E-state index contributed by atoms with van der Waals surface area (Å²) < 4.78 is 5.12. The molecule has 0 radical (unpaired) electrons. The molecule has 0 unspecified atom stereocenters. The summed E-state index contributed by atoms with van der Waals surface area (Å²) in [5, 5.41) is 2.84. The summed E-state index contributed by atoms with van der Waals surface area (Å²) in [5.74, 6) is 0.434. The molecule has 1 N–H and O–H groups in total. The lowest BCUT2D eigenvalue weighted by molar-refractivity contribution is -0.123. The van der Waals surface area contributed by atoms with Gasteiger partial charge in [-0.1, -0.05) is 12.1 Å². The molecule has 152 valence electrons. The van der Waals surface area contributed by atoms with Crippen LogP contribution in [0, 0.1) is 0 Å². The van der Waals surface area contributed by atoms with E-state index >= 15 is 0 Å². The van der Waals surface area contributed by atoms with Crippen molar-refractivity contribution < 1.29 is 19.1 Å². The molecule has 1 heterocycles. The van der Waals surface area contributed by atoms with Gasteiger partial charge in [0.15, 0.2) is 0 Å². The van der Waals surface area contributed by atoms with Gasteiger partial charge in [-0.25, -0.2) is 0 Å². The zero-order chi connectivity index (χ0) is 21.0. The molecule has 29 heavy (non-hydrogen) atoms. The summed E-state index contributed by atoms with van der Waals surface area (Å²) >= 11 is 1.41. The van der Waals surface area contributed by atoms with E-state index in [-0.39, 0.29) is 30.0 Å². The molecule has 0 aromatic heterocycles. The average molecular weight is 413 g/mol. The van der Waals surface area contributed by atoms with Crippen LogP contribution in [0.15, 0.2) is 47.4 Å². The highest BCUT2D eigenvalue weighted by atomic mass is 32.2. The first kappa shape index (κ1) is 20.7. The maximum Gasteiger partial charge on any atom is 0.253 e. The first-order chi connectivity index (χ1) is 13.9. The average Bonchev–Trinajstić information content (AvgIpc) is 2.73. The molecule has 3 rings (SSSR count). The second-order valence-corrected chi connectivity index (χ2v) is 7.79. The SMILES string of the molecule is COc1ccc(CNC(=O)CN2C(=O)CSc3ccc(C(=O)N(C)C)cc32)cc1. The van der Waals surface area contributed by atoms with Crippen LogP contribution in [0.25, 0.3) is 0 Å². The molecule has 1 aliphatic heterocycles. The fraction of sp³-hybridized carbons (Fsp3) is 0.286. The summed E-state index contributed by atoms with van der Waals surface area (Å²) in [4.78, 5) is 41.0. The number of methoxy groups -OCH3 is 1. The molecular weight excluding hydrogens is 390 g/mol. The van der Waals surface area contributed by atoms with Gasteiger partial charge in [0.05, 0.1) is 18.6 Å². The van der Waals surface area contributed by atoms with Crippen molar-refractivity contribution in [1.82, 2.24) is 10.2 Å². The Morgan fingerprint density at radius 2 is 1.90 bits per heavy atom. The molecule has 0 bridgehead atoms. The lowest BCUT2D eigenvalue weighted by atomic mass is 10.1. The molecule has 8 heteroatoms. The van der Waals surface area contributed by atoms with Crippen molar-refractivity contribution in [3.63, 3.8) is 0 Å². The molecule has 0 saturated heterocycles. The van der Waals surface area contributed by atoms with Crippen molar-refractivity contribution in [1.29, 1.82) is 0 Å². The molecular formula is C21H23N3O4S. The molecule has 1 aliphatic rings. The number of hydrogen-bond donors (Lipinski definition) is 1. The Morgan fingerprint density at radius 3 is 2.55 bits per heavy atom. The molecule has 0 aliphatic carbocycles. The smallest absolute Gasteiger partial charge is 0.253 e. The monoisotopic (exact) mass is 413 g/mol. The van der Waals surface area contributed by atoms with Gasteiger partial charge in [0.1, 0.15) is 12.3 Å². The zero-order valence-corrected chi connectivity index (χ0v) is 17.4. The van der Waals surface area contributed by atoms with E-state index in [1.54, 1.807) is 33.3 Å². The fourth-order valence-corrected chi connectivity index (χ4v) is 3.83. The Morgan fingerprint density at radius 1 is 1.17 bits per heavy atom. The highest BCUT2D eigenvalue weighted by molar-refractivity contribution is 8.00. The van der Waals surface area contributed by atoms with Crippen LogP contribution in [0.4, 0.5) is 5.69 Å². The number of ether oxygens (including phenoxy) is 1. The molecule has 0 fully saturated rings. The third kappa shape index (κ3) is 4.89. The van der Waals surface area contributed by atoms with Crippen molar-refractivity contribution in [2.24, 2.45) is 0 Å². The quantitative estimate of drug-likeness (QED) is 0.785. The van der Waals surface area contributed by atoms with E-state index in [0.717, 1.165) is 16.2 Å². The molecule has 2 aromatic rings.